The Hall–Kier alpha value is -1.95. The summed E-state index contributed by atoms with van der Waals surface area (Å²) in [7, 11) is 0. The molecule has 22 heavy (non-hydrogen) atoms. The van der Waals surface area contributed by atoms with Crippen molar-refractivity contribution in [1.29, 1.82) is 0 Å². The SMILES string of the molecule is CC(=O)NC(C)C(=O)N(CC(O)c1ccc(F)cc1)C1CC1. The maximum absolute atomic E-state index is 12.9. The smallest absolute Gasteiger partial charge is 0.245 e. The average molecular weight is 308 g/mol. The average Bonchev–Trinajstić information content (AvgIpc) is 3.28. The predicted octanol–water partition coefficient (Wildman–Crippen LogP) is 1.37. The summed E-state index contributed by atoms with van der Waals surface area (Å²) in [6.45, 7) is 3.13. The first kappa shape index (κ1) is 16.4. The summed E-state index contributed by atoms with van der Waals surface area (Å²) in [5.41, 5.74) is 0.562. The standard InChI is InChI=1S/C16H21FN2O3/c1-10(18-11(2)20)16(22)19(14-7-8-14)9-15(21)12-3-5-13(17)6-4-12/h3-6,10,14-15,21H,7-9H2,1-2H3,(H,18,20). The molecule has 6 heteroatoms. The second-order valence-electron chi connectivity index (χ2n) is 5.71. The minimum absolute atomic E-state index is 0.110. The Balaban J connectivity index is 2.03. The fraction of sp³-hybridized carbons (Fsp3) is 0.500. The van der Waals surface area contributed by atoms with Crippen LogP contribution in [0.15, 0.2) is 24.3 Å². The number of aliphatic hydroxyl groups is 1. The summed E-state index contributed by atoms with van der Waals surface area (Å²) in [6, 6.07) is 5.06. The van der Waals surface area contributed by atoms with Crippen molar-refractivity contribution in [3.8, 4) is 0 Å². The van der Waals surface area contributed by atoms with Gasteiger partial charge in [-0.1, -0.05) is 12.1 Å². The first-order valence-electron chi connectivity index (χ1n) is 7.39. The molecule has 1 aliphatic carbocycles. The van der Waals surface area contributed by atoms with Gasteiger partial charge in [0.25, 0.3) is 0 Å². The molecule has 1 aromatic carbocycles. The molecular formula is C16H21FN2O3. The van der Waals surface area contributed by atoms with Crippen LogP contribution in [0, 0.1) is 5.82 Å². The van der Waals surface area contributed by atoms with Crippen LogP contribution in [-0.2, 0) is 9.59 Å². The fourth-order valence-electron chi connectivity index (χ4n) is 2.40. The molecule has 1 aromatic rings. The fourth-order valence-corrected chi connectivity index (χ4v) is 2.40. The first-order valence-corrected chi connectivity index (χ1v) is 7.39. The van der Waals surface area contributed by atoms with E-state index < -0.39 is 12.1 Å². The molecule has 0 aliphatic heterocycles. The lowest BCUT2D eigenvalue weighted by Gasteiger charge is -2.28. The lowest BCUT2D eigenvalue weighted by atomic mass is 10.1. The third-order valence-corrected chi connectivity index (χ3v) is 3.69. The van der Waals surface area contributed by atoms with Crippen molar-refractivity contribution < 1.29 is 19.1 Å². The van der Waals surface area contributed by atoms with Crippen molar-refractivity contribution in [2.24, 2.45) is 0 Å². The van der Waals surface area contributed by atoms with Gasteiger partial charge in [-0.05, 0) is 37.5 Å². The molecule has 0 radical (unpaired) electrons. The lowest BCUT2D eigenvalue weighted by molar-refractivity contribution is -0.137. The first-order chi connectivity index (χ1) is 10.4. The molecule has 1 aliphatic rings. The molecule has 2 amide bonds. The molecular weight excluding hydrogens is 287 g/mol. The number of amides is 2. The normalized spacial score (nSPS) is 16.7. The number of hydrogen-bond donors (Lipinski definition) is 2. The zero-order valence-electron chi connectivity index (χ0n) is 12.8. The monoisotopic (exact) mass is 308 g/mol. The van der Waals surface area contributed by atoms with Crippen LogP contribution in [0.1, 0.15) is 38.4 Å². The molecule has 5 nitrogen and oxygen atoms in total. The maximum Gasteiger partial charge on any atom is 0.245 e. The number of hydrogen-bond acceptors (Lipinski definition) is 3. The summed E-state index contributed by atoms with van der Waals surface area (Å²) < 4.78 is 12.9. The van der Waals surface area contributed by atoms with Crippen molar-refractivity contribution in [2.75, 3.05) is 6.54 Å². The highest BCUT2D eigenvalue weighted by molar-refractivity contribution is 5.86. The lowest BCUT2D eigenvalue weighted by Crippen LogP contribution is -2.48. The minimum Gasteiger partial charge on any atom is -0.387 e. The molecule has 0 saturated heterocycles. The molecule has 2 N–H and O–H groups in total. The number of nitrogens with one attached hydrogen (secondary N) is 1. The van der Waals surface area contributed by atoms with Crippen LogP contribution in [-0.4, -0.2) is 40.4 Å². The van der Waals surface area contributed by atoms with Gasteiger partial charge in [-0.25, -0.2) is 4.39 Å². The summed E-state index contributed by atoms with van der Waals surface area (Å²) >= 11 is 0. The topological polar surface area (TPSA) is 69.6 Å². The van der Waals surface area contributed by atoms with E-state index in [2.05, 4.69) is 5.32 Å². The maximum atomic E-state index is 12.9. The van der Waals surface area contributed by atoms with Gasteiger partial charge in [0.1, 0.15) is 11.9 Å². The third kappa shape index (κ3) is 4.27. The molecule has 0 spiro atoms. The zero-order chi connectivity index (χ0) is 16.3. The molecule has 1 fully saturated rings. The van der Waals surface area contributed by atoms with Gasteiger partial charge >= 0.3 is 0 Å². The number of rotatable bonds is 6. The highest BCUT2D eigenvalue weighted by atomic mass is 19.1. The van der Waals surface area contributed by atoms with Crippen molar-refractivity contribution in [2.45, 2.75) is 44.9 Å². The molecule has 120 valence electrons. The molecule has 1 saturated carbocycles. The number of carbonyl (C=O) groups is 2. The highest BCUT2D eigenvalue weighted by Crippen LogP contribution is 2.29. The van der Waals surface area contributed by atoms with E-state index in [0.29, 0.717) is 5.56 Å². The van der Waals surface area contributed by atoms with Crippen LogP contribution < -0.4 is 5.32 Å². The number of benzene rings is 1. The Labute approximate surface area is 129 Å². The van der Waals surface area contributed by atoms with Crippen LogP contribution in [0.3, 0.4) is 0 Å². The van der Waals surface area contributed by atoms with Gasteiger partial charge in [0.2, 0.25) is 11.8 Å². The summed E-state index contributed by atoms with van der Waals surface area (Å²) in [5, 5.41) is 12.8. The van der Waals surface area contributed by atoms with Gasteiger partial charge in [-0.3, -0.25) is 9.59 Å². The van der Waals surface area contributed by atoms with Gasteiger partial charge in [0.15, 0.2) is 0 Å². The van der Waals surface area contributed by atoms with Crippen molar-refractivity contribution in [3.05, 3.63) is 35.6 Å². The molecule has 2 unspecified atom stereocenters. The van der Waals surface area contributed by atoms with Crippen molar-refractivity contribution in [1.82, 2.24) is 10.2 Å². The Morgan fingerprint density at radius 1 is 1.36 bits per heavy atom. The molecule has 2 atom stereocenters. The van der Waals surface area contributed by atoms with E-state index in [-0.39, 0.29) is 30.2 Å². The van der Waals surface area contributed by atoms with Gasteiger partial charge in [-0.15, -0.1) is 0 Å². The van der Waals surface area contributed by atoms with E-state index in [9.17, 15) is 19.1 Å². The van der Waals surface area contributed by atoms with Gasteiger partial charge in [0, 0.05) is 13.0 Å². The Morgan fingerprint density at radius 2 is 1.95 bits per heavy atom. The quantitative estimate of drug-likeness (QED) is 0.834. The second kappa shape index (κ2) is 6.87. The van der Waals surface area contributed by atoms with Crippen LogP contribution in [0.4, 0.5) is 4.39 Å². The third-order valence-electron chi connectivity index (χ3n) is 3.69. The van der Waals surface area contributed by atoms with Crippen LogP contribution in [0.25, 0.3) is 0 Å². The number of halogens is 1. The molecule has 0 heterocycles. The van der Waals surface area contributed by atoms with Crippen LogP contribution >= 0.6 is 0 Å². The minimum atomic E-state index is -0.880. The number of aliphatic hydroxyl groups excluding tert-OH is 1. The van der Waals surface area contributed by atoms with Gasteiger partial charge < -0.3 is 15.3 Å². The predicted molar refractivity (Wildman–Crippen MR) is 79.4 cm³/mol. The Bertz CT molecular complexity index is 543. The van der Waals surface area contributed by atoms with Crippen LogP contribution in [0.2, 0.25) is 0 Å². The van der Waals surface area contributed by atoms with Crippen molar-refractivity contribution >= 4 is 11.8 Å². The van der Waals surface area contributed by atoms with E-state index in [1.54, 1.807) is 11.8 Å². The van der Waals surface area contributed by atoms with Crippen molar-refractivity contribution in [3.63, 3.8) is 0 Å². The highest BCUT2D eigenvalue weighted by Gasteiger charge is 2.36. The van der Waals surface area contributed by atoms with Crippen LogP contribution in [0.5, 0.6) is 0 Å². The summed E-state index contributed by atoms with van der Waals surface area (Å²) in [4.78, 5) is 25.1. The van der Waals surface area contributed by atoms with E-state index in [0.717, 1.165) is 12.8 Å². The Kier molecular flexibility index (Phi) is 5.13. The van der Waals surface area contributed by atoms with E-state index >= 15 is 0 Å². The molecule has 0 aromatic heterocycles. The summed E-state index contributed by atoms with van der Waals surface area (Å²) in [5.74, 6) is -0.847. The molecule has 0 bridgehead atoms. The molecule has 2 rings (SSSR count). The van der Waals surface area contributed by atoms with Gasteiger partial charge in [0.05, 0.1) is 12.6 Å². The van der Waals surface area contributed by atoms with E-state index in [1.165, 1.54) is 31.2 Å². The van der Waals surface area contributed by atoms with E-state index in [4.69, 9.17) is 0 Å². The Morgan fingerprint density at radius 3 is 2.45 bits per heavy atom. The number of carbonyl (C=O) groups excluding carboxylic acids is 2. The zero-order valence-corrected chi connectivity index (χ0v) is 12.8. The second-order valence-corrected chi connectivity index (χ2v) is 5.71. The van der Waals surface area contributed by atoms with E-state index in [1.807, 2.05) is 0 Å². The van der Waals surface area contributed by atoms with Gasteiger partial charge in [-0.2, -0.15) is 0 Å². The number of nitrogens with zero attached hydrogens (tertiary/aromatic N) is 1. The summed E-state index contributed by atoms with van der Waals surface area (Å²) in [6.07, 6.45) is 0.915. The largest absolute Gasteiger partial charge is 0.387 e.